The summed E-state index contributed by atoms with van der Waals surface area (Å²) < 4.78 is 0. The summed E-state index contributed by atoms with van der Waals surface area (Å²) in [6.07, 6.45) is 3.49. The van der Waals surface area contributed by atoms with Gasteiger partial charge in [0.1, 0.15) is 0 Å². The van der Waals surface area contributed by atoms with E-state index in [-0.39, 0.29) is 0 Å². The standard InChI is InChI=1S/C8H20N2/c1-4-5-8(9)6-7-10(2)3/h8H,4-7,9H2,1-3H3/t8-/m0/s1. The SMILES string of the molecule is CCC[C@H](N)CCN(C)C. The average molecular weight is 144 g/mol. The molecule has 0 aromatic rings. The first-order chi connectivity index (χ1) is 4.66. The minimum Gasteiger partial charge on any atom is -0.328 e. The summed E-state index contributed by atoms with van der Waals surface area (Å²) in [5.41, 5.74) is 5.81. The van der Waals surface area contributed by atoms with Crippen LogP contribution >= 0.6 is 0 Å². The van der Waals surface area contributed by atoms with Crippen LogP contribution < -0.4 is 5.73 Å². The molecule has 0 heterocycles. The fourth-order valence-corrected chi connectivity index (χ4v) is 0.939. The van der Waals surface area contributed by atoms with Crippen molar-refractivity contribution in [3.05, 3.63) is 0 Å². The Hall–Kier alpha value is -0.0800. The van der Waals surface area contributed by atoms with Gasteiger partial charge in [0.2, 0.25) is 0 Å². The molecular formula is C8H20N2. The average Bonchev–Trinajstić information content (AvgIpc) is 1.85. The van der Waals surface area contributed by atoms with E-state index in [1.165, 1.54) is 6.42 Å². The second-order valence-corrected chi connectivity index (χ2v) is 3.14. The lowest BCUT2D eigenvalue weighted by atomic mass is 10.1. The maximum Gasteiger partial charge on any atom is 0.00508 e. The van der Waals surface area contributed by atoms with Crippen molar-refractivity contribution in [2.45, 2.75) is 32.2 Å². The summed E-state index contributed by atoms with van der Waals surface area (Å²) >= 11 is 0. The molecule has 0 aromatic carbocycles. The van der Waals surface area contributed by atoms with Crippen molar-refractivity contribution in [3.8, 4) is 0 Å². The first kappa shape index (κ1) is 9.92. The summed E-state index contributed by atoms with van der Waals surface area (Å²) in [5.74, 6) is 0. The highest BCUT2D eigenvalue weighted by Gasteiger charge is 2.00. The van der Waals surface area contributed by atoms with Gasteiger partial charge in [0, 0.05) is 6.04 Å². The van der Waals surface area contributed by atoms with Crippen LogP contribution in [0, 0.1) is 0 Å². The predicted octanol–water partition coefficient (Wildman–Crippen LogP) is 1.07. The van der Waals surface area contributed by atoms with Crippen molar-refractivity contribution < 1.29 is 0 Å². The van der Waals surface area contributed by atoms with Gasteiger partial charge in [-0.3, -0.25) is 0 Å². The van der Waals surface area contributed by atoms with E-state index in [9.17, 15) is 0 Å². The number of nitrogens with zero attached hydrogens (tertiary/aromatic N) is 1. The topological polar surface area (TPSA) is 29.3 Å². The van der Waals surface area contributed by atoms with Crippen LogP contribution in [0.1, 0.15) is 26.2 Å². The van der Waals surface area contributed by atoms with E-state index in [1.54, 1.807) is 0 Å². The van der Waals surface area contributed by atoms with E-state index in [0.717, 1.165) is 19.4 Å². The zero-order valence-electron chi connectivity index (χ0n) is 7.43. The van der Waals surface area contributed by atoms with Gasteiger partial charge in [-0.15, -0.1) is 0 Å². The van der Waals surface area contributed by atoms with Crippen LogP contribution in [0.15, 0.2) is 0 Å². The van der Waals surface area contributed by atoms with Gasteiger partial charge < -0.3 is 10.6 Å². The van der Waals surface area contributed by atoms with Crippen LogP contribution in [0.5, 0.6) is 0 Å². The zero-order valence-corrected chi connectivity index (χ0v) is 7.43. The summed E-state index contributed by atoms with van der Waals surface area (Å²) in [5, 5.41) is 0. The molecular weight excluding hydrogens is 124 g/mol. The van der Waals surface area contributed by atoms with Crippen LogP contribution in [0.4, 0.5) is 0 Å². The summed E-state index contributed by atoms with van der Waals surface area (Å²) in [6, 6.07) is 0.410. The van der Waals surface area contributed by atoms with Gasteiger partial charge in [0.05, 0.1) is 0 Å². The van der Waals surface area contributed by atoms with E-state index in [4.69, 9.17) is 5.73 Å². The second-order valence-electron chi connectivity index (χ2n) is 3.14. The molecule has 0 aliphatic heterocycles. The van der Waals surface area contributed by atoms with Crippen molar-refractivity contribution in [3.63, 3.8) is 0 Å². The van der Waals surface area contributed by atoms with E-state index >= 15 is 0 Å². The third-order valence-electron chi connectivity index (χ3n) is 1.61. The van der Waals surface area contributed by atoms with Crippen molar-refractivity contribution in [2.24, 2.45) is 5.73 Å². The number of hydrogen-bond acceptors (Lipinski definition) is 2. The lowest BCUT2D eigenvalue weighted by Gasteiger charge is -2.13. The third kappa shape index (κ3) is 6.05. The molecule has 0 aliphatic carbocycles. The molecule has 2 nitrogen and oxygen atoms in total. The maximum atomic E-state index is 5.81. The van der Waals surface area contributed by atoms with Crippen molar-refractivity contribution in [1.29, 1.82) is 0 Å². The van der Waals surface area contributed by atoms with Gasteiger partial charge in [-0.1, -0.05) is 13.3 Å². The molecule has 0 bridgehead atoms. The molecule has 0 spiro atoms. The molecule has 0 fully saturated rings. The minimum atomic E-state index is 0.410. The Bertz CT molecular complexity index is 71.7. The fourth-order valence-electron chi connectivity index (χ4n) is 0.939. The number of hydrogen-bond donors (Lipinski definition) is 1. The lowest BCUT2D eigenvalue weighted by Crippen LogP contribution is -2.25. The Labute approximate surface area is 64.4 Å². The van der Waals surface area contributed by atoms with Crippen molar-refractivity contribution in [2.75, 3.05) is 20.6 Å². The van der Waals surface area contributed by atoms with E-state index in [2.05, 4.69) is 25.9 Å². The van der Waals surface area contributed by atoms with Gasteiger partial charge in [0.15, 0.2) is 0 Å². The van der Waals surface area contributed by atoms with Crippen LogP contribution in [0.25, 0.3) is 0 Å². The summed E-state index contributed by atoms with van der Waals surface area (Å²) in [6.45, 7) is 3.29. The molecule has 0 amide bonds. The Morgan fingerprint density at radius 2 is 1.90 bits per heavy atom. The van der Waals surface area contributed by atoms with Gasteiger partial charge in [-0.25, -0.2) is 0 Å². The van der Waals surface area contributed by atoms with E-state index < -0.39 is 0 Å². The van der Waals surface area contributed by atoms with Crippen LogP contribution in [0.2, 0.25) is 0 Å². The smallest absolute Gasteiger partial charge is 0.00508 e. The molecule has 1 atom stereocenters. The Morgan fingerprint density at radius 3 is 2.30 bits per heavy atom. The Kier molecular flexibility index (Phi) is 5.64. The highest BCUT2D eigenvalue weighted by Crippen LogP contribution is 1.98. The third-order valence-corrected chi connectivity index (χ3v) is 1.61. The largest absolute Gasteiger partial charge is 0.328 e. The van der Waals surface area contributed by atoms with E-state index in [0.29, 0.717) is 6.04 Å². The van der Waals surface area contributed by atoms with Crippen LogP contribution in [-0.2, 0) is 0 Å². The molecule has 2 N–H and O–H groups in total. The van der Waals surface area contributed by atoms with Gasteiger partial charge in [0.25, 0.3) is 0 Å². The highest BCUT2D eigenvalue weighted by molar-refractivity contribution is 4.61. The van der Waals surface area contributed by atoms with Crippen molar-refractivity contribution >= 4 is 0 Å². The molecule has 0 aliphatic rings. The number of rotatable bonds is 5. The molecule has 0 unspecified atom stereocenters. The van der Waals surface area contributed by atoms with Crippen LogP contribution in [0.3, 0.4) is 0 Å². The second kappa shape index (κ2) is 5.69. The minimum absolute atomic E-state index is 0.410. The lowest BCUT2D eigenvalue weighted by molar-refractivity contribution is 0.374. The van der Waals surface area contributed by atoms with Gasteiger partial charge in [-0.05, 0) is 33.5 Å². The molecule has 62 valence electrons. The Balaban J connectivity index is 3.12. The quantitative estimate of drug-likeness (QED) is 0.625. The first-order valence-corrected chi connectivity index (χ1v) is 4.07. The van der Waals surface area contributed by atoms with Crippen LogP contribution in [-0.4, -0.2) is 31.6 Å². The maximum absolute atomic E-state index is 5.81. The number of nitrogens with two attached hydrogens (primary N) is 1. The molecule has 0 rings (SSSR count). The molecule has 0 radical (unpaired) electrons. The molecule has 10 heavy (non-hydrogen) atoms. The molecule has 2 heteroatoms. The predicted molar refractivity (Wildman–Crippen MR) is 46.1 cm³/mol. The first-order valence-electron chi connectivity index (χ1n) is 4.07. The van der Waals surface area contributed by atoms with E-state index in [1.807, 2.05) is 0 Å². The normalized spacial score (nSPS) is 14.1. The van der Waals surface area contributed by atoms with Gasteiger partial charge in [-0.2, -0.15) is 0 Å². The molecule has 0 saturated heterocycles. The zero-order chi connectivity index (χ0) is 7.98. The molecule has 0 aromatic heterocycles. The monoisotopic (exact) mass is 144 g/mol. The van der Waals surface area contributed by atoms with Crippen molar-refractivity contribution in [1.82, 2.24) is 4.90 Å². The fraction of sp³-hybridized carbons (Fsp3) is 1.00. The summed E-state index contributed by atoms with van der Waals surface area (Å²) in [7, 11) is 4.16. The summed E-state index contributed by atoms with van der Waals surface area (Å²) in [4.78, 5) is 2.18. The highest BCUT2D eigenvalue weighted by atomic mass is 15.0. The Morgan fingerprint density at radius 1 is 1.30 bits per heavy atom. The molecule has 0 saturated carbocycles. The van der Waals surface area contributed by atoms with Gasteiger partial charge >= 0.3 is 0 Å².